The van der Waals surface area contributed by atoms with E-state index in [1.165, 1.54) is 23.9 Å². The Labute approximate surface area is 199 Å². The first-order valence-corrected chi connectivity index (χ1v) is 11.3. The zero-order chi connectivity index (χ0) is 23.9. The molecular formula is C24H21N5O4S. The number of nitro benzene ring substituents is 1. The molecule has 0 aliphatic rings. The van der Waals surface area contributed by atoms with E-state index in [0.29, 0.717) is 28.2 Å². The first-order valence-electron chi connectivity index (χ1n) is 10.3. The van der Waals surface area contributed by atoms with E-state index in [-0.39, 0.29) is 18.0 Å². The number of hydrogen-bond acceptors (Lipinski definition) is 7. The summed E-state index contributed by atoms with van der Waals surface area (Å²) < 4.78 is 7.05. The Kier molecular flexibility index (Phi) is 7.19. The van der Waals surface area contributed by atoms with Crippen LogP contribution < -0.4 is 10.1 Å². The minimum atomic E-state index is -0.425. The third-order valence-corrected chi connectivity index (χ3v) is 5.90. The van der Waals surface area contributed by atoms with Crippen LogP contribution in [-0.4, -0.2) is 32.7 Å². The Morgan fingerprint density at radius 1 is 1.06 bits per heavy atom. The molecule has 0 bridgehead atoms. The zero-order valence-electron chi connectivity index (χ0n) is 18.2. The van der Waals surface area contributed by atoms with Crippen LogP contribution in [0.25, 0.3) is 5.69 Å². The van der Waals surface area contributed by atoms with Crippen molar-refractivity contribution in [3.8, 4) is 11.4 Å². The number of ether oxygens (including phenoxy) is 1. The van der Waals surface area contributed by atoms with Crippen LogP contribution in [0.15, 0.2) is 84.0 Å². The predicted molar refractivity (Wildman–Crippen MR) is 129 cm³/mol. The SMILES string of the molecule is COc1cccc(NC(=O)Cc2nnc(SCc3ccc([N+](=O)[O-])cc3)n2-c2ccccc2)c1. The summed E-state index contributed by atoms with van der Waals surface area (Å²) in [5.74, 6) is 1.46. The third kappa shape index (κ3) is 5.59. The second-order valence-corrected chi connectivity index (χ2v) is 8.18. The largest absolute Gasteiger partial charge is 0.497 e. The Morgan fingerprint density at radius 2 is 1.82 bits per heavy atom. The first-order chi connectivity index (χ1) is 16.5. The summed E-state index contributed by atoms with van der Waals surface area (Å²) in [4.78, 5) is 23.2. The molecule has 1 heterocycles. The van der Waals surface area contributed by atoms with Gasteiger partial charge in [0.1, 0.15) is 11.6 Å². The number of rotatable bonds is 9. The molecule has 3 aromatic carbocycles. The van der Waals surface area contributed by atoms with E-state index < -0.39 is 4.92 Å². The molecule has 0 spiro atoms. The van der Waals surface area contributed by atoms with Crippen molar-refractivity contribution in [2.75, 3.05) is 12.4 Å². The van der Waals surface area contributed by atoms with Gasteiger partial charge in [-0.05, 0) is 29.8 Å². The summed E-state index contributed by atoms with van der Waals surface area (Å²) >= 11 is 1.44. The zero-order valence-corrected chi connectivity index (χ0v) is 19.1. The quantitative estimate of drug-likeness (QED) is 0.213. The molecule has 9 nitrogen and oxygen atoms in total. The van der Waals surface area contributed by atoms with Crippen LogP contribution in [0, 0.1) is 10.1 Å². The van der Waals surface area contributed by atoms with Gasteiger partial charge in [-0.25, -0.2) is 0 Å². The van der Waals surface area contributed by atoms with Crippen molar-refractivity contribution in [1.82, 2.24) is 14.8 Å². The summed E-state index contributed by atoms with van der Waals surface area (Å²) in [5.41, 5.74) is 2.42. The van der Waals surface area contributed by atoms with Gasteiger partial charge in [0, 0.05) is 35.3 Å². The van der Waals surface area contributed by atoms with Crippen LogP contribution in [0.5, 0.6) is 5.75 Å². The molecular weight excluding hydrogens is 454 g/mol. The van der Waals surface area contributed by atoms with Crippen LogP contribution in [0.3, 0.4) is 0 Å². The molecule has 4 rings (SSSR count). The standard InChI is InChI=1S/C24H21N5O4S/c1-33-21-9-5-6-18(14-21)25-23(30)15-22-26-27-24(28(22)19-7-3-2-4-8-19)34-16-17-10-12-20(13-11-17)29(31)32/h2-14H,15-16H2,1H3,(H,25,30). The summed E-state index contributed by atoms with van der Waals surface area (Å²) in [6, 6.07) is 23.1. The highest BCUT2D eigenvalue weighted by Crippen LogP contribution is 2.26. The van der Waals surface area contributed by atoms with E-state index in [9.17, 15) is 14.9 Å². The van der Waals surface area contributed by atoms with Gasteiger partial charge >= 0.3 is 0 Å². The molecule has 0 atom stereocenters. The van der Waals surface area contributed by atoms with Gasteiger partial charge in [-0.15, -0.1) is 10.2 Å². The monoisotopic (exact) mass is 475 g/mol. The summed E-state index contributed by atoms with van der Waals surface area (Å²) in [5, 5.41) is 22.9. The molecule has 4 aromatic rings. The lowest BCUT2D eigenvalue weighted by atomic mass is 10.2. The second-order valence-electron chi connectivity index (χ2n) is 7.24. The Hall–Kier alpha value is -4.18. The highest BCUT2D eigenvalue weighted by Gasteiger charge is 2.18. The number of nitrogens with one attached hydrogen (secondary N) is 1. The van der Waals surface area contributed by atoms with Crippen LogP contribution >= 0.6 is 11.8 Å². The number of anilines is 1. The van der Waals surface area contributed by atoms with Crippen molar-refractivity contribution in [1.29, 1.82) is 0 Å². The number of carbonyl (C=O) groups excluding carboxylic acids is 1. The second kappa shape index (κ2) is 10.6. The average Bonchev–Trinajstić information content (AvgIpc) is 3.25. The highest BCUT2D eigenvalue weighted by atomic mass is 32.2. The van der Waals surface area contributed by atoms with Gasteiger partial charge in [0.05, 0.1) is 18.5 Å². The van der Waals surface area contributed by atoms with E-state index >= 15 is 0 Å². The molecule has 0 aliphatic carbocycles. The van der Waals surface area contributed by atoms with Crippen molar-refractivity contribution in [3.63, 3.8) is 0 Å². The maximum absolute atomic E-state index is 12.7. The molecule has 34 heavy (non-hydrogen) atoms. The molecule has 0 unspecified atom stereocenters. The number of hydrogen-bond donors (Lipinski definition) is 1. The van der Waals surface area contributed by atoms with Gasteiger partial charge in [-0.3, -0.25) is 19.5 Å². The molecule has 0 saturated heterocycles. The number of methoxy groups -OCH3 is 1. The van der Waals surface area contributed by atoms with Gasteiger partial charge in [0.2, 0.25) is 5.91 Å². The fourth-order valence-electron chi connectivity index (χ4n) is 3.26. The van der Waals surface area contributed by atoms with Crippen molar-refractivity contribution in [2.24, 2.45) is 0 Å². The lowest BCUT2D eigenvalue weighted by molar-refractivity contribution is -0.384. The number of benzene rings is 3. The number of nitrogens with zero attached hydrogens (tertiary/aromatic N) is 4. The van der Waals surface area contributed by atoms with Crippen LogP contribution in [0.4, 0.5) is 11.4 Å². The van der Waals surface area contributed by atoms with Gasteiger partial charge in [-0.2, -0.15) is 0 Å². The molecule has 172 valence electrons. The predicted octanol–water partition coefficient (Wildman–Crippen LogP) is 4.66. The highest BCUT2D eigenvalue weighted by molar-refractivity contribution is 7.98. The number of para-hydroxylation sites is 1. The van der Waals surface area contributed by atoms with E-state index in [0.717, 1.165) is 11.3 Å². The van der Waals surface area contributed by atoms with Crippen LogP contribution in [-0.2, 0) is 17.0 Å². The minimum absolute atomic E-state index is 0.0250. The Bertz CT molecular complexity index is 1290. The molecule has 0 saturated carbocycles. The fraction of sp³-hybridized carbons (Fsp3) is 0.125. The van der Waals surface area contributed by atoms with Crippen molar-refractivity contribution in [3.05, 3.63) is 100 Å². The van der Waals surface area contributed by atoms with Crippen molar-refractivity contribution >= 4 is 29.0 Å². The Balaban J connectivity index is 1.53. The third-order valence-electron chi connectivity index (χ3n) is 4.90. The van der Waals surface area contributed by atoms with E-state index in [1.54, 1.807) is 43.5 Å². The topological polar surface area (TPSA) is 112 Å². The van der Waals surface area contributed by atoms with Gasteiger partial charge in [0.25, 0.3) is 5.69 Å². The molecule has 10 heteroatoms. The number of aromatic nitrogens is 3. The number of nitro groups is 1. The number of thioether (sulfide) groups is 1. The molecule has 0 fully saturated rings. The Morgan fingerprint density at radius 3 is 2.53 bits per heavy atom. The molecule has 0 aliphatic heterocycles. The normalized spacial score (nSPS) is 10.6. The van der Waals surface area contributed by atoms with Crippen LogP contribution in [0.2, 0.25) is 0 Å². The minimum Gasteiger partial charge on any atom is -0.497 e. The smallest absolute Gasteiger partial charge is 0.269 e. The van der Waals surface area contributed by atoms with E-state index in [1.807, 2.05) is 34.9 Å². The molecule has 1 amide bonds. The van der Waals surface area contributed by atoms with Gasteiger partial charge in [-0.1, -0.05) is 48.2 Å². The molecule has 1 aromatic heterocycles. The van der Waals surface area contributed by atoms with Gasteiger partial charge < -0.3 is 10.1 Å². The summed E-state index contributed by atoms with van der Waals surface area (Å²) in [6.45, 7) is 0. The fourth-order valence-corrected chi connectivity index (χ4v) is 4.18. The number of carbonyl (C=O) groups is 1. The first kappa shape index (κ1) is 23.0. The number of non-ortho nitro benzene ring substituents is 1. The van der Waals surface area contributed by atoms with Crippen molar-refractivity contribution in [2.45, 2.75) is 17.3 Å². The maximum Gasteiger partial charge on any atom is 0.269 e. The summed E-state index contributed by atoms with van der Waals surface area (Å²) in [7, 11) is 1.57. The lowest BCUT2D eigenvalue weighted by Crippen LogP contribution is -2.17. The maximum atomic E-state index is 12.7. The summed E-state index contributed by atoms with van der Waals surface area (Å²) in [6.07, 6.45) is 0.0250. The molecule has 0 radical (unpaired) electrons. The number of amides is 1. The molecule has 1 N–H and O–H groups in total. The van der Waals surface area contributed by atoms with E-state index in [4.69, 9.17) is 4.74 Å². The average molecular weight is 476 g/mol. The van der Waals surface area contributed by atoms with Crippen molar-refractivity contribution < 1.29 is 14.5 Å². The van der Waals surface area contributed by atoms with Crippen LogP contribution in [0.1, 0.15) is 11.4 Å². The lowest BCUT2D eigenvalue weighted by Gasteiger charge is -2.11. The van der Waals surface area contributed by atoms with Gasteiger partial charge in [0.15, 0.2) is 5.16 Å². The van der Waals surface area contributed by atoms with E-state index in [2.05, 4.69) is 15.5 Å².